The fraction of sp³-hybridized carbons (Fsp3) is 1.00. The van der Waals surface area contributed by atoms with Crippen molar-refractivity contribution in [3.05, 3.63) is 0 Å². The molecule has 0 aliphatic carbocycles. The first-order valence-electron chi connectivity index (χ1n) is 4.68. The number of hydrogen-bond acceptors (Lipinski definition) is 4. The van der Waals surface area contributed by atoms with Crippen molar-refractivity contribution in [3.8, 4) is 0 Å². The molecule has 0 radical (unpaired) electrons. The summed E-state index contributed by atoms with van der Waals surface area (Å²) in [5.41, 5.74) is 0. The lowest BCUT2D eigenvalue weighted by molar-refractivity contribution is -0.0251. The Labute approximate surface area is 80.5 Å². The highest BCUT2D eigenvalue weighted by atomic mass is 16.5. The Kier molecular flexibility index (Phi) is 9.80. The largest absolute Gasteiger partial charge is 0.382 e. The summed E-state index contributed by atoms with van der Waals surface area (Å²) in [4.78, 5) is 0. The van der Waals surface area contributed by atoms with Crippen molar-refractivity contribution < 1.29 is 14.2 Å². The summed E-state index contributed by atoms with van der Waals surface area (Å²) in [6.45, 7) is 5.42. The second kappa shape index (κ2) is 9.92. The van der Waals surface area contributed by atoms with Gasteiger partial charge < -0.3 is 19.5 Å². The summed E-state index contributed by atoms with van der Waals surface area (Å²) in [5, 5.41) is 3.05. The fourth-order valence-electron chi connectivity index (χ4n) is 0.998. The van der Waals surface area contributed by atoms with Crippen LogP contribution in [0.1, 0.15) is 6.92 Å². The van der Waals surface area contributed by atoms with E-state index in [0.717, 1.165) is 13.2 Å². The van der Waals surface area contributed by atoms with Crippen molar-refractivity contribution in [2.24, 2.45) is 0 Å². The van der Waals surface area contributed by atoms with Crippen LogP contribution >= 0.6 is 0 Å². The monoisotopic (exact) mass is 191 g/mol. The average molecular weight is 191 g/mol. The lowest BCUT2D eigenvalue weighted by Crippen LogP contribution is -2.31. The van der Waals surface area contributed by atoms with Crippen molar-refractivity contribution in [1.29, 1.82) is 0 Å². The third-order valence-corrected chi connectivity index (χ3v) is 1.57. The Morgan fingerprint density at radius 3 is 2.62 bits per heavy atom. The van der Waals surface area contributed by atoms with Gasteiger partial charge in [0, 0.05) is 20.3 Å². The van der Waals surface area contributed by atoms with Crippen LogP contribution in [0, 0.1) is 0 Å². The minimum atomic E-state index is 0.121. The normalized spacial score (nSPS) is 13.2. The predicted octanol–water partition coefficient (Wildman–Crippen LogP) is 0.274. The van der Waals surface area contributed by atoms with Crippen LogP contribution in [0.3, 0.4) is 0 Å². The number of rotatable bonds is 9. The van der Waals surface area contributed by atoms with Gasteiger partial charge >= 0.3 is 0 Å². The zero-order chi connectivity index (χ0) is 9.94. The standard InChI is InChI=1S/C9H21NO3/c1-4-12-5-6-13-9(7-10-2)8-11-3/h9-10H,4-8H2,1-3H3. The lowest BCUT2D eigenvalue weighted by atomic mass is 10.4. The summed E-state index contributed by atoms with van der Waals surface area (Å²) >= 11 is 0. The van der Waals surface area contributed by atoms with Gasteiger partial charge in [0.05, 0.1) is 25.9 Å². The molecule has 1 unspecified atom stereocenters. The van der Waals surface area contributed by atoms with E-state index in [9.17, 15) is 0 Å². The number of likely N-dealkylation sites (N-methyl/N-ethyl adjacent to an activating group) is 1. The Bertz CT molecular complexity index is 94.9. The molecule has 0 saturated carbocycles. The molecule has 0 aromatic carbocycles. The Balaban J connectivity index is 3.33. The van der Waals surface area contributed by atoms with Gasteiger partial charge in [-0.15, -0.1) is 0 Å². The van der Waals surface area contributed by atoms with Crippen LogP contribution in [0.4, 0.5) is 0 Å². The van der Waals surface area contributed by atoms with Crippen LogP contribution in [-0.2, 0) is 14.2 Å². The first kappa shape index (κ1) is 12.8. The van der Waals surface area contributed by atoms with E-state index in [2.05, 4.69) is 5.32 Å². The molecule has 0 heterocycles. The van der Waals surface area contributed by atoms with Crippen molar-refractivity contribution >= 4 is 0 Å². The molecule has 4 nitrogen and oxygen atoms in total. The first-order chi connectivity index (χ1) is 6.35. The van der Waals surface area contributed by atoms with Crippen molar-refractivity contribution in [2.45, 2.75) is 13.0 Å². The van der Waals surface area contributed by atoms with E-state index in [0.29, 0.717) is 19.8 Å². The highest BCUT2D eigenvalue weighted by Crippen LogP contribution is 1.91. The molecule has 80 valence electrons. The highest BCUT2D eigenvalue weighted by Gasteiger charge is 2.06. The minimum absolute atomic E-state index is 0.121. The van der Waals surface area contributed by atoms with Crippen LogP contribution < -0.4 is 5.32 Å². The highest BCUT2D eigenvalue weighted by molar-refractivity contribution is 4.58. The van der Waals surface area contributed by atoms with Crippen LogP contribution in [-0.4, -0.2) is 53.2 Å². The van der Waals surface area contributed by atoms with E-state index in [1.807, 2.05) is 14.0 Å². The van der Waals surface area contributed by atoms with Gasteiger partial charge in [-0.1, -0.05) is 0 Å². The lowest BCUT2D eigenvalue weighted by Gasteiger charge is -2.16. The third kappa shape index (κ3) is 8.18. The second-order valence-corrected chi connectivity index (χ2v) is 2.70. The third-order valence-electron chi connectivity index (χ3n) is 1.57. The zero-order valence-electron chi connectivity index (χ0n) is 8.84. The Hall–Kier alpha value is -0.160. The van der Waals surface area contributed by atoms with Gasteiger partial charge in [-0.25, -0.2) is 0 Å². The van der Waals surface area contributed by atoms with Gasteiger partial charge in [-0.3, -0.25) is 0 Å². The van der Waals surface area contributed by atoms with E-state index >= 15 is 0 Å². The van der Waals surface area contributed by atoms with Gasteiger partial charge in [-0.2, -0.15) is 0 Å². The van der Waals surface area contributed by atoms with Gasteiger partial charge in [0.25, 0.3) is 0 Å². The number of ether oxygens (including phenoxy) is 3. The van der Waals surface area contributed by atoms with Gasteiger partial charge in [0.1, 0.15) is 0 Å². The maximum absolute atomic E-state index is 5.51. The zero-order valence-corrected chi connectivity index (χ0v) is 8.84. The Morgan fingerprint density at radius 1 is 1.31 bits per heavy atom. The molecule has 0 rings (SSSR count). The molecular weight excluding hydrogens is 170 g/mol. The summed E-state index contributed by atoms with van der Waals surface area (Å²) < 4.78 is 15.7. The van der Waals surface area contributed by atoms with Crippen molar-refractivity contribution in [3.63, 3.8) is 0 Å². The van der Waals surface area contributed by atoms with Gasteiger partial charge in [0.2, 0.25) is 0 Å². The quantitative estimate of drug-likeness (QED) is 0.531. The first-order valence-corrected chi connectivity index (χ1v) is 4.68. The van der Waals surface area contributed by atoms with E-state index in [4.69, 9.17) is 14.2 Å². The molecule has 1 atom stereocenters. The van der Waals surface area contributed by atoms with Gasteiger partial charge in [-0.05, 0) is 14.0 Å². The van der Waals surface area contributed by atoms with Crippen molar-refractivity contribution in [1.82, 2.24) is 5.32 Å². The van der Waals surface area contributed by atoms with E-state index in [1.165, 1.54) is 0 Å². The van der Waals surface area contributed by atoms with Gasteiger partial charge in [0.15, 0.2) is 0 Å². The maximum Gasteiger partial charge on any atom is 0.0933 e. The summed E-state index contributed by atoms with van der Waals surface area (Å²) in [7, 11) is 3.57. The molecule has 0 aliphatic heterocycles. The number of methoxy groups -OCH3 is 1. The molecule has 0 spiro atoms. The fourth-order valence-corrected chi connectivity index (χ4v) is 0.998. The predicted molar refractivity (Wildman–Crippen MR) is 52.0 cm³/mol. The molecule has 13 heavy (non-hydrogen) atoms. The number of hydrogen-bond donors (Lipinski definition) is 1. The molecule has 0 aromatic heterocycles. The smallest absolute Gasteiger partial charge is 0.0933 e. The molecule has 0 aliphatic rings. The van der Waals surface area contributed by atoms with E-state index < -0.39 is 0 Å². The van der Waals surface area contributed by atoms with Crippen LogP contribution in [0.5, 0.6) is 0 Å². The second-order valence-electron chi connectivity index (χ2n) is 2.70. The van der Waals surface area contributed by atoms with Crippen LogP contribution in [0.15, 0.2) is 0 Å². The molecule has 0 aromatic rings. The molecule has 4 heteroatoms. The molecule has 0 amide bonds. The Morgan fingerprint density at radius 2 is 2.08 bits per heavy atom. The van der Waals surface area contributed by atoms with E-state index in [-0.39, 0.29) is 6.10 Å². The average Bonchev–Trinajstić information content (AvgIpc) is 2.13. The van der Waals surface area contributed by atoms with E-state index in [1.54, 1.807) is 7.11 Å². The molecular formula is C9H21NO3. The molecule has 1 N–H and O–H groups in total. The van der Waals surface area contributed by atoms with Crippen LogP contribution in [0.25, 0.3) is 0 Å². The summed E-state index contributed by atoms with van der Waals surface area (Å²) in [6, 6.07) is 0. The topological polar surface area (TPSA) is 39.7 Å². The number of nitrogens with one attached hydrogen (secondary N) is 1. The maximum atomic E-state index is 5.51. The SMILES string of the molecule is CCOCCOC(CNC)COC. The summed E-state index contributed by atoms with van der Waals surface area (Å²) in [6.07, 6.45) is 0.121. The van der Waals surface area contributed by atoms with Crippen LogP contribution in [0.2, 0.25) is 0 Å². The summed E-state index contributed by atoms with van der Waals surface area (Å²) in [5.74, 6) is 0. The molecule has 0 bridgehead atoms. The molecule has 0 saturated heterocycles. The van der Waals surface area contributed by atoms with Crippen molar-refractivity contribution in [2.75, 3.05) is 47.1 Å². The molecule has 0 fully saturated rings. The minimum Gasteiger partial charge on any atom is -0.382 e.